The quantitative estimate of drug-likeness (QED) is 0.866. The lowest BCUT2D eigenvalue weighted by molar-refractivity contribution is -0.138. The maximum absolute atomic E-state index is 12.8. The molecule has 128 valence electrons. The van der Waals surface area contributed by atoms with Crippen LogP contribution in [-0.4, -0.2) is 45.8 Å². The lowest BCUT2D eigenvalue weighted by Crippen LogP contribution is -2.41. The number of carbonyl (C=O) groups excluding carboxylic acids is 1. The van der Waals surface area contributed by atoms with Crippen molar-refractivity contribution in [2.45, 2.75) is 70.1 Å². The van der Waals surface area contributed by atoms with Gasteiger partial charge in [-0.15, -0.1) is 11.3 Å². The first-order valence-corrected chi connectivity index (χ1v) is 9.45. The third kappa shape index (κ3) is 4.52. The van der Waals surface area contributed by atoms with Gasteiger partial charge in [0.15, 0.2) is 0 Å². The van der Waals surface area contributed by atoms with Gasteiger partial charge in [-0.05, 0) is 32.6 Å². The van der Waals surface area contributed by atoms with Gasteiger partial charge >= 0.3 is 0 Å². The fraction of sp³-hybridized carbons (Fsp3) is 0.765. The molecule has 3 rings (SSSR count). The summed E-state index contributed by atoms with van der Waals surface area (Å²) in [4.78, 5) is 19.1. The standard InChI is InChI=1S/C17H26N2O3S/c1-13-12-23-15(18-13)11-19(10-14-5-4-8-22-14)16(20)9-17(21)6-2-3-7-17/h12,14,21H,2-11H2,1H3/t14-/m0/s1. The molecular weight excluding hydrogens is 312 g/mol. The van der Waals surface area contributed by atoms with Gasteiger partial charge in [-0.3, -0.25) is 4.79 Å². The predicted molar refractivity (Wildman–Crippen MR) is 89.3 cm³/mol. The van der Waals surface area contributed by atoms with E-state index in [2.05, 4.69) is 4.98 Å². The molecule has 0 radical (unpaired) electrons. The highest BCUT2D eigenvalue weighted by molar-refractivity contribution is 7.09. The highest BCUT2D eigenvalue weighted by atomic mass is 32.1. The number of thiazole rings is 1. The van der Waals surface area contributed by atoms with Crippen molar-refractivity contribution in [2.24, 2.45) is 0 Å². The highest BCUT2D eigenvalue weighted by Crippen LogP contribution is 2.33. The number of aromatic nitrogens is 1. The van der Waals surface area contributed by atoms with E-state index in [0.29, 0.717) is 13.1 Å². The molecule has 0 spiro atoms. The van der Waals surface area contributed by atoms with Gasteiger partial charge < -0.3 is 14.7 Å². The molecule has 1 saturated carbocycles. The number of aryl methyl sites for hydroxylation is 1. The smallest absolute Gasteiger partial charge is 0.225 e. The molecule has 2 fully saturated rings. The van der Waals surface area contributed by atoms with Crippen molar-refractivity contribution in [3.8, 4) is 0 Å². The Morgan fingerprint density at radius 3 is 2.87 bits per heavy atom. The van der Waals surface area contributed by atoms with E-state index in [0.717, 1.165) is 55.8 Å². The molecule has 0 aromatic carbocycles. The van der Waals surface area contributed by atoms with E-state index in [9.17, 15) is 9.90 Å². The largest absolute Gasteiger partial charge is 0.389 e. The minimum atomic E-state index is -0.801. The van der Waals surface area contributed by atoms with Gasteiger partial charge in [0.25, 0.3) is 0 Å². The van der Waals surface area contributed by atoms with E-state index < -0.39 is 5.60 Å². The number of hydrogen-bond donors (Lipinski definition) is 1. The molecule has 1 atom stereocenters. The minimum Gasteiger partial charge on any atom is -0.389 e. The van der Waals surface area contributed by atoms with Crippen molar-refractivity contribution in [3.63, 3.8) is 0 Å². The molecule has 1 amide bonds. The summed E-state index contributed by atoms with van der Waals surface area (Å²) in [7, 11) is 0. The van der Waals surface area contributed by atoms with Crippen LogP contribution in [0.5, 0.6) is 0 Å². The van der Waals surface area contributed by atoms with Gasteiger partial charge in [0.05, 0.1) is 24.7 Å². The van der Waals surface area contributed by atoms with Gasteiger partial charge in [-0.2, -0.15) is 0 Å². The van der Waals surface area contributed by atoms with Gasteiger partial charge in [0.2, 0.25) is 5.91 Å². The Hall–Kier alpha value is -0.980. The maximum atomic E-state index is 12.8. The predicted octanol–water partition coefficient (Wildman–Crippen LogP) is 2.65. The molecule has 1 N–H and O–H groups in total. The van der Waals surface area contributed by atoms with Gasteiger partial charge in [-0.1, -0.05) is 12.8 Å². The zero-order valence-electron chi connectivity index (χ0n) is 13.8. The Labute approximate surface area is 141 Å². The summed E-state index contributed by atoms with van der Waals surface area (Å²) in [5, 5.41) is 13.5. The molecule has 0 unspecified atom stereocenters. The van der Waals surface area contributed by atoms with Gasteiger partial charge in [0.1, 0.15) is 5.01 Å². The van der Waals surface area contributed by atoms with Crippen molar-refractivity contribution in [3.05, 3.63) is 16.1 Å². The molecule has 1 saturated heterocycles. The number of ether oxygens (including phenoxy) is 1. The third-order valence-corrected chi connectivity index (χ3v) is 5.76. The summed E-state index contributed by atoms with van der Waals surface area (Å²) in [6.07, 6.45) is 5.93. The SMILES string of the molecule is Cc1csc(CN(C[C@@H]2CCCO2)C(=O)CC2(O)CCCC2)n1. The van der Waals surface area contributed by atoms with E-state index in [1.54, 1.807) is 11.3 Å². The third-order valence-electron chi connectivity index (χ3n) is 4.81. The monoisotopic (exact) mass is 338 g/mol. The Morgan fingerprint density at radius 2 is 2.26 bits per heavy atom. The molecular formula is C17H26N2O3S. The van der Waals surface area contributed by atoms with E-state index >= 15 is 0 Å². The first kappa shape index (κ1) is 16.9. The Bertz CT molecular complexity index is 534. The number of carbonyl (C=O) groups is 1. The summed E-state index contributed by atoms with van der Waals surface area (Å²) < 4.78 is 5.70. The van der Waals surface area contributed by atoms with Crippen LogP contribution < -0.4 is 0 Å². The number of nitrogens with zero attached hydrogens (tertiary/aromatic N) is 2. The summed E-state index contributed by atoms with van der Waals surface area (Å²) >= 11 is 1.59. The fourth-order valence-electron chi connectivity index (χ4n) is 3.53. The zero-order valence-corrected chi connectivity index (χ0v) is 14.6. The van der Waals surface area contributed by atoms with Crippen LogP contribution >= 0.6 is 11.3 Å². The van der Waals surface area contributed by atoms with E-state index in [1.807, 2.05) is 17.2 Å². The van der Waals surface area contributed by atoms with Gasteiger partial charge in [0, 0.05) is 24.2 Å². The van der Waals surface area contributed by atoms with Crippen LogP contribution in [-0.2, 0) is 16.1 Å². The highest BCUT2D eigenvalue weighted by Gasteiger charge is 2.35. The van der Waals surface area contributed by atoms with E-state index in [1.165, 1.54) is 0 Å². The van der Waals surface area contributed by atoms with Crippen LogP contribution in [0, 0.1) is 6.92 Å². The molecule has 23 heavy (non-hydrogen) atoms. The van der Waals surface area contributed by atoms with Crippen molar-refractivity contribution in [2.75, 3.05) is 13.2 Å². The van der Waals surface area contributed by atoms with E-state index in [4.69, 9.17) is 4.74 Å². The number of hydrogen-bond acceptors (Lipinski definition) is 5. The summed E-state index contributed by atoms with van der Waals surface area (Å²) in [6.45, 7) is 3.88. The first-order valence-electron chi connectivity index (χ1n) is 8.57. The molecule has 2 heterocycles. The number of amides is 1. The van der Waals surface area contributed by atoms with Crippen molar-refractivity contribution in [1.29, 1.82) is 0 Å². The van der Waals surface area contributed by atoms with Crippen molar-refractivity contribution >= 4 is 17.2 Å². The zero-order chi connectivity index (χ0) is 16.3. The average Bonchev–Trinajstić information content (AvgIpc) is 3.22. The molecule has 1 aromatic heterocycles. The Morgan fingerprint density at radius 1 is 1.48 bits per heavy atom. The second kappa shape index (κ2) is 7.28. The van der Waals surface area contributed by atoms with Crippen LogP contribution in [0.25, 0.3) is 0 Å². The molecule has 1 aliphatic carbocycles. The summed E-state index contributed by atoms with van der Waals surface area (Å²) in [5.41, 5.74) is 0.189. The molecule has 0 bridgehead atoms. The van der Waals surface area contributed by atoms with Crippen LogP contribution in [0.3, 0.4) is 0 Å². The first-order chi connectivity index (χ1) is 11.0. The number of rotatable bonds is 6. The molecule has 5 nitrogen and oxygen atoms in total. The second-order valence-electron chi connectivity index (χ2n) is 6.90. The van der Waals surface area contributed by atoms with Crippen LogP contribution in [0.15, 0.2) is 5.38 Å². The molecule has 1 aliphatic heterocycles. The van der Waals surface area contributed by atoms with Crippen LogP contribution in [0.4, 0.5) is 0 Å². The summed E-state index contributed by atoms with van der Waals surface area (Å²) in [5.74, 6) is 0.0257. The van der Waals surface area contributed by atoms with E-state index in [-0.39, 0.29) is 18.4 Å². The lowest BCUT2D eigenvalue weighted by atomic mass is 9.97. The fourth-order valence-corrected chi connectivity index (χ4v) is 4.32. The van der Waals surface area contributed by atoms with Crippen molar-refractivity contribution < 1.29 is 14.6 Å². The Kier molecular flexibility index (Phi) is 5.34. The van der Waals surface area contributed by atoms with Crippen molar-refractivity contribution in [1.82, 2.24) is 9.88 Å². The minimum absolute atomic E-state index is 0.0257. The molecule has 6 heteroatoms. The maximum Gasteiger partial charge on any atom is 0.225 e. The normalized spacial score (nSPS) is 23.3. The topological polar surface area (TPSA) is 62.7 Å². The molecule has 2 aliphatic rings. The Balaban J connectivity index is 1.66. The van der Waals surface area contributed by atoms with Crippen LogP contribution in [0.2, 0.25) is 0 Å². The number of aliphatic hydroxyl groups is 1. The van der Waals surface area contributed by atoms with Gasteiger partial charge in [-0.25, -0.2) is 4.98 Å². The molecule has 1 aromatic rings. The average molecular weight is 338 g/mol. The second-order valence-corrected chi connectivity index (χ2v) is 7.84. The lowest BCUT2D eigenvalue weighted by Gasteiger charge is -2.29. The van der Waals surface area contributed by atoms with Crippen LogP contribution in [0.1, 0.15) is 55.6 Å². The summed E-state index contributed by atoms with van der Waals surface area (Å²) in [6, 6.07) is 0.